The van der Waals surface area contributed by atoms with Crippen LogP contribution in [-0.2, 0) is 16.0 Å². The van der Waals surface area contributed by atoms with Crippen molar-refractivity contribution in [3.63, 3.8) is 0 Å². The van der Waals surface area contributed by atoms with E-state index in [1.165, 1.54) is 7.05 Å². The largest absolute Gasteiger partial charge is 0.481 e. The first-order valence-electron chi connectivity index (χ1n) is 6.41. The summed E-state index contributed by atoms with van der Waals surface area (Å²) in [4.78, 5) is 20.7. The van der Waals surface area contributed by atoms with E-state index >= 15 is 0 Å². The molecule has 1 amide bonds. The molecule has 0 radical (unpaired) electrons. The third kappa shape index (κ3) is 11.1. The summed E-state index contributed by atoms with van der Waals surface area (Å²) >= 11 is 0. The number of amides is 1. The monoisotopic (exact) mass is 281 g/mol. The van der Waals surface area contributed by atoms with Crippen LogP contribution in [0.3, 0.4) is 0 Å². The highest BCUT2D eigenvalue weighted by atomic mass is 16.6. The average Bonchev–Trinajstić information content (AvgIpc) is 2.36. The normalized spacial score (nSPS) is 10.0. The third-order valence-corrected chi connectivity index (χ3v) is 2.07. The van der Waals surface area contributed by atoms with Crippen LogP contribution in [0.15, 0.2) is 30.3 Å². The van der Waals surface area contributed by atoms with E-state index in [0.29, 0.717) is 6.42 Å². The first-order chi connectivity index (χ1) is 9.24. The number of nitrogens with one attached hydrogen (secondary N) is 1. The Hall–Kier alpha value is -2.04. The molecule has 0 fully saturated rings. The van der Waals surface area contributed by atoms with Gasteiger partial charge in [0.05, 0.1) is 0 Å². The molecule has 0 aliphatic rings. The lowest BCUT2D eigenvalue weighted by atomic mass is 10.1. The number of rotatable bonds is 3. The van der Waals surface area contributed by atoms with Crippen molar-refractivity contribution >= 4 is 12.1 Å². The fourth-order valence-electron chi connectivity index (χ4n) is 1.23. The van der Waals surface area contributed by atoms with Crippen molar-refractivity contribution < 1.29 is 19.4 Å². The van der Waals surface area contributed by atoms with Crippen molar-refractivity contribution in [1.82, 2.24) is 5.32 Å². The van der Waals surface area contributed by atoms with Gasteiger partial charge in [-0.05, 0) is 32.8 Å². The van der Waals surface area contributed by atoms with Crippen LogP contribution in [0.1, 0.15) is 32.8 Å². The van der Waals surface area contributed by atoms with Crippen LogP contribution >= 0.6 is 0 Å². The number of benzene rings is 1. The second-order valence-corrected chi connectivity index (χ2v) is 5.13. The van der Waals surface area contributed by atoms with Gasteiger partial charge in [-0.3, -0.25) is 4.79 Å². The Morgan fingerprint density at radius 3 is 2.10 bits per heavy atom. The van der Waals surface area contributed by atoms with Crippen molar-refractivity contribution in [2.45, 2.75) is 39.2 Å². The summed E-state index contributed by atoms with van der Waals surface area (Å²) in [5.74, 6) is -0.742. The molecule has 0 aromatic heterocycles. The van der Waals surface area contributed by atoms with Crippen LogP contribution in [0.5, 0.6) is 0 Å². The number of carbonyl (C=O) groups excluding carboxylic acids is 1. The zero-order chi connectivity index (χ0) is 15.6. The summed E-state index contributed by atoms with van der Waals surface area (Å²) in [5.41, 5.74) is 0.690. The van der Waals surface area contributed by atoms with Gasteiger partial charge in [0, 0.05) is 13.5 Å². The van der Waals surface area contributed by atoms with E-state index < -0.39 is 5.97 Å². The van der Waals surface area contributed by atoms with Crippen molar-refractivity contribution in [3.05, 3.63) is 35.9 Å². The number of hydrogen-bond acceptors (Lipinski definition) is 3. The molecule has 0 saturated heterocycles. The molecule has 1 aromatic carbocycles. The fourth-order valence-corrected chi connectivity index (χ4v) is 1.23. The summed E-state index contributed by atoms with van der Waals surface area (Å²) in [6.45, 7) is 5.46. The molecule has 112 valence electrons. The molecule has 5 nitrogen and oxygen atoms in total. The van der Waals surface area contributed by atoms with E-state index in [4.69, 9.17) is 9.84 Å². The molecule has 0 atom stereocenters. The zero-order valence-electron chi connectivity index (χ0n) is 12.5. The van der Waals surface area contributed by atoms with Crippen molar-refractivity contribution in [2.75, 3.05) is 7.05 Å². The Kier molecular flexibility index (Phi) is 8.04. The van der Waals surface area contributed by atoms with Gasteiger partial charge in [0.25, 0.3) is 0 Å². The van der Waals surface area contributed by atoms with Crippen molar-refractivity contribution in [3.8, 4) is 0 Å². The second kappa shape index (κ2) is 8.96. The van der Waals surface area contributed by atoms with E-state index in [1.54, 1.807) is 0 Å². The smallest absolute Gasteiger partial charge is 0.407 e. The number of ether oxygens (including phenoxy) is 1. The van der Waals surface area contributed by atoms with E-state index in [1.807, 2.05) is 51.1 Å². The Balaban J connectivity index is 0.000000370. The number of carbonyl (C=O) groups is 2. The quantitative estimate of drug-likeness (QED) is 0.893. The number of alkyl carbamates (subject to hydrolysis) is 1. The first kappa shape index (κ1) is 18.0. The van der Waals surface area contributed by atoms with Gasteiger partial charge in [-0.15, -0.1) is 0 Å². The van der Waals surface area contributed by atoms with Crippen molar-refractivity contribution in [2.24, 2.45) is 0 Å². The number of hydrogen-bond donors (Lipinski definition) is 2. The molecule has 2 N–H and O–H groups in total. The molecular weight excluding hydrogens is 258 g/mol. The third-order valence-electron chi connectivity index (χ3n) is 2.07. The molecule has 1 aromatic rings. The van der Waals surface area contributed by atoms with E-state index in [9.17, 15) is 9.59 Å². The van der Waals surface area contributed by atoms with Crippen molar-refractivity contribution in [1.29, 1.82) is 0 Å². The maximum atomic E-state index is 10.5. The Labute approximate surface area is 120 Å². The average molecular weight is 281 g/mol. The van der Waals surface area contributed by atoms with Crippen LogP contribution in [0.4, 0.5) is 4.79 Å². The lowest BCUT2D eigenvalue weighted by Crippen LogP contribution is -2.30. The van der Waals surface area contributed by atoms with Gasteiger partial charge >= 0.3 is 12.1 Å². The predicted molar refractivity (Wildman–Crippen MR) is 77.7 cm³/mol. The highest BCUT2D eigenvalue weighted by Crippen LogP contribution is 2.05. The van der Waals surface area contributed by atoms with Gasteiger partial charge in [-0.2, -0.15) is 0 Å². The molecule has 5 heteroatoms. The summed E-state index contributed by atoms with van der Waals surface area (Å²) in [6.07, 6.45) is 0.447. The number of carboxylic acids is 1. The highest BCUT2D eigenvalue weighted by molar-refractivity contribution is 5.67. The van der Waals surface area contributed by atoms with Crippen LogP contribution in [-0.4, -0.2) is 29.8 Å². The van der Waals surface area contributed by atoms with Crippen LogP contribution in [0, 0.1) is 0 Å². The summed E-state index contributed by atoms with van der Waals surface area (Å²) < 4.78 is 4.84. The van der Waals surface area contributed by atoms with Crippen LogP contribution in [0.2, 0.25) is 0 Å². The van der Waals surface area contributed by atoms with Gasteiger partial charge in [0.15, 0.2) is 0 Å². The second-order valence-electron chi connectivity index (χ2n) is 5.13. The molecule has 1 rings (SSSR count). The molecule has 0 saturated carbocycles. The number of carboxylic acid groups (broad SMARTS) is 1. The summed E-state index contributed by atoms with van der Waals surface area (Å²) in [5, 5.41) is 10.7. The molecule has 0 aliphatic carbocycles. The zero-order valence-corrected chi connectivity index (χ0v) is 12.5. The van der Waals surface area contributed by atoms with Gasteiger partial charge in [-0.25, -0.2) is 4.79 Å². The first-order valence-corrected chi connectivity index (χ1v) is 6.41. The van der Waals surface area contributed by atoms with Crippen LogP contribution < -0.4 is 5.32 Å². The SMILES string of the molecule is CNC(=O)OC(C)(C)C.O=C(O)CCc1ccccc1. The Morgan fingerprint density at radius 2 is 1.75 bits per heavy atom. The van der Waals surface area contributed by atoms with Gasteiger partial charge in [0.2, 0.25) is 0 Å². The Morgan fingerprint density at radius 1 is 1.20 bits per heavy atom. The molecule has 0 unspecified atom stereocenters. The van der Waals surface area contributed by atoms with E-state index in [0.717, 1.165) is 5.56 Å². The van der Waals surface area contributed by atoms with Gasteiger partial charge in [-0.1, -0.05) is 30.3 Å². The van der Waals surface area contributed by atoms with E-state index in [-0.39, 0.29) is 18.1 Å². The molecule has 20 heavy (non-hydrogen) atoms. The number of aryl methyl sites for hydroxylation is 1. The molecule has 0 spiro atoms. The fraction of sp³-hybridized carbons (Fsp3) is 0.467. The minimum absolute atomic E-state index is 0.212. The van der Waals surface area contributed by atoms with Crippen LogP contribution in [0.25, 0.3) is 0 Å². The lowest BCUT2D eigenvalue weighted by molar-refractivity contribution is -0.136. The molecular formula is C15H23NO4. The molecule has 0 heterocycles. The lowest BCUT2D eigenvalue weighted by Gasteiger charge is -2.18. The predicted octanol–water partition coefficient (Wildman–Crippen LogP) is 2.84. The minimum Gasteiger partial charge on any atom is -0.481 e. The summed E-state index contributed by atoms with van der Waals surface area (Å²) in [7, 11) is 1.54. The Bertz CT molecular complexity index is 410. The van der Waals surface area contributed by atoms with Gasteiger partial charge < -0.3 is 15.2 Å². The number of aliphatic carboxylic acids is 1. The summed E-state index contributed by atoms with van der Waals surface area (Å²) in [6, 6.07) is 9.62. The maximum Gasteiger partial charge on any atom is 0.407 e. The maximum absolute atomic E-state index is 10.5. The molecule has 0 aliphatic heterocycles. The van der Waals surface area contributed by atoms with E-state index in [2.05, 4.69) is 5.32 Å². The standard InChI is InChI=1S/C9H10O2.C6H13NO2/c10-9(11)7-6-8-4-2-1-3-5-8;1-6(2,3)9-5(8)7-4/h1-5H,6-7H2,(H,10,11);1-4H3,(H,7,8). The highest BCUT2D eigenvalue weighted by Gasteiger charge is 2.13. The molecule has 0 bridgehead atoms. The topological polar surface area (TPSA) is 75.6 Å². The van der Waals surface area contributed by atoms with Gasteiger partial charge in [0.1, 0.15) is 5.60 Å². The minimum atomic E-state index is -0.742.